The number of rotatable bonds is 5. The minimum absolute atomic E-state index is 0.00930. The average Bonchev–Trinajstić information content (AvgIpc) is 2.77. The Bertz CT molecular complexity index is 720. The maximum absolute atomic E-state index is 14.6. The van der Waals surface area contributed by atoms with Crippen LogP contribution in [0.4, 0.5) is 13.2 Å². The number of hydrogen-bond acceptors (Lipinski definition) is 2. The van der Waals surface area contributed by atoms with Gasteiger partial charge in [-0.05, 0) is 100 Å². The van der Waals surface area contributed by atoms with Crippen LogP contribution in [0.25, 0.3) is 0 Å². The van der Waals surface area contributed by atoms with Crippen LogP contribution in [0.3, 0.4) is 0 Å². The molecule has 0 bridgehead atoms. The van der Waals surface area contributed by atoms with Crippen molar-refractivity contribution in [3.8, 4) is 5.75 Å². The van der Waals surface area contributed by atoms with Crippen molar-refractivity contribution in [1.82, 2.24) is 0 Å². The van der Waals surface area contributed by atoms with Crippen molar-refractivity contribution in [3.05, 3.63) is 28.8 Å². The highest BCUT2D eigenvalue weighted by atomic mass is 19.2. The van der Waals surface area contributed by atoms with Gasteiger partial charge in [-0.1, -0.05) is 12.8 Å². The molecule has 2 fully saturated rings. The van der Waals surface area contributed by atoms with E-state index in [1.54, 1.807) is 6.07 Å². The summed E-state index contributed by atoms with van der Waals surface area (Å²) in [6, 6.07) is 1.56. The maximum atomic E-state index is 14.6. The van der Waals surface area contributed by atoms with Crippen molar-refractivity contribution in [2.24, 2.45) is 23.7 Å². The van der Waals surface area contributed by atoms with Gasteiger partial charge in [0.1, 0.15) is 6.10 Å². The molecule has 1 aromatic rings. The van der Waals surface area contributed by atoms with Crippen molar-refractivity contribution in [3.63, 3.8) is 0 Å². The molecule has 5 heteroatoms. The molecular weight excluding hydrogens is 389 g/mol. The summed E-state index contributed by atoms with van der Waals surface area (Å²) in [5.41, 5.74) is 0.676. The number of aryl methyl sites for hydroxylation is 1. The fraction of sp³-hybridized carbons (Fsp3) is 0.760. The molecule has 0 radical (unpaired) electrons. The lowest BCUT2D eigenvalue weighted by atomic mass is 9.68. The molecule has 2 atom stereocenters. The summed E-state index contributed by atoms with van der Waals surface area (Å²) < 4.78 is 47.5. The molecule has 4 rings (SSSR count). The van der Waals surface area contributed by atoms with Gasteiger partial charge in [-0.25, -0.2) is 4.39 Å². The standard InChI is InChI=1S/C25H35F3O2/c1-15(29)21-14-20-10-11-22(30-25(20)24(28)23(21)27)19-8-6-18(7-9-19)17-4-2-16(3-5-17)12-13-26/h14-19,22,29H,2-13H2,1H3. The zero-order valence-electron chi connectivity index (χ0n) is 18.0. The monoisotopic (exact) mass is 424 g/mol. The van der Waals surface area contributed by atoms with Crippen molar-refractivity contribution < 1.29 is 23.0 Å². The summed E-state index contributed by atoms with van der Waals surface area (Å²) in [5.74, 6) is 0.635. The highest BCUT2D eigenvalue weighted by Gasteiger charge is 2.36. The average molecular weight is 425 g/mol. The number of aliphatic hydroxyl groups excluding tert-OH is 1. The second-order valence-corrected chi connectivity index (χ2v) is 9.89. The van der Waals surface area contributed by atoms with E-state index in [1.807, 2.05) is 0 Å². The fourth-order valence-corrected chi connectivity index (χ4v) is 6.23. The molecule has 0 spiro atoms. The molecule has 1 heterocycles. The van der Waals surface area contributed by atoms with Crippen LogP contribution in [-0.2, 0) is 6.42 Å². The first-order valence-electron chi connectivity index (χ1n) is 11.9. The number of halogens is 3. The topological polar surface area (TPSA) is 29.5 Å². The van der Waals surface area contributed by atoms with Crippen molar-refractivity contribution in [1.29, 1.82) is 0 Å². The van der Waals surface area contributed by atoms with Gasteiger partial charge in [0.15, 0.2) is 11.6 Å². The van der Waals surface area contributed by atoms with E-state index in [1.165, 1.54) is 45.4 Å². The van der Waals surface area contributed by atoms with Crippen LogP contribution in [-0.4, -0.2) is 17.9 Å². The first-order chi connectivity index (χ1) is 14.5. The first kappa shape index (κ1) is 22.0. The van der Waals surface area contributed by atoms with Crippen LogP contribution in [0.1, 0.15) is 88.4 Å². The first-order valence-corrected chi connectivity index (χ1v) is 11.9. The number of alkyl halides is 1. The molecular formula is C25H35F3O2. The second-order valence-electron chi connectivity index (χ2n) is 9.89. The molecule has 2 unspecified atom stereocenters. The van der Waals surface area contributed by atoms with Crippen molar-refractivity contribution >= 4 is 0 Å². The van der Waals surface area contributed by atoms with E-state index < -0.39 is 17.7 Å². The highest BCUT2D eigenvalue weighted by molar-refractivity contribution is 5.42. The lowest BCUT2D eigenvalue weighted by Gasteiger charge is -2.40. The Kier molecular flexibility index (Phi) is 6.96. The van der Waals surface area contributed by atoms with Crippen molar-refractivity contribution in [2.75, 3.05) is 6.67 Å². The third kappa shape index (κ3) is 4.51. The summed E-state index contributed by atoms with van der Waals surface area (Å²) >= 11 is 0. The van der Waals surface area contributed by atoms with E-state index in [4.69, 9.17) is 4.74 Å². The molecule has 2 nitrogen and oxygen atoms in total. The van der Waals surface area contributed by atoms with Crippen LogP contribution in [0.5, 0.6) is 5.75 Å². The normalized spacial score (nSPS) is 32.9. The SMILES string of the molecule is CC(O)c1cc2c(c(F)c1F)OC(C1CCC(C3CCC(CCF)CC3)CC1)CC2. The molecule has 1 aromatic carbocycles. The van der Waals surface area contributed by atoms with Crippen molar-refractivity contribution in [2.45, 2.75) is 89.8 Å². The summed E-state index contributed by atoms with van der Waals surface area (Å²) in [7, 11) is 0. The van der Waals surface area contributed by atoms with Crippen LogP contribution >= 0.6 is 0 Å². The fourth-order valence-electron chi connectivity index (χ4n) is 6.23. The molecule has 1 aliphatic heterocycles. The lowest BCUT2D eigenvalue weighted by molar-refractivity contribution is 0.0559. The van der Waals surface area contributed by atoms with Crippen LogP contribution in [0.2, 0.25) is 0 Å². The van der Waals surface area contributed by atoms with Gasteiger partial charge in [0.25, 0.3) is 0 Å². The zero-order chi connectivity index (χ0) is 21.3. The Morgan fingerprint density at radius 2 is 1.53 bits per heavy atom. The summed E-state index contributed by atoms with van der Waals surface area (Å²) in [5, 5.41) is 9.70. The number of hydrogen-bond donors (Lipinski definition) is 1. The minimum Gasteiger partial charge on any atom is -0.487 e. The zero-order valence-corrected chi connectivity index (χ0v) is 18.0. The molecule has 0 saturated heterocycles. The van der Waals surface area contributed by atoms with Gasteiger partial charge in [0, 0.05) is 5.56 Å². The number of fused-ring (bicyclic) bond motifs is 1. The Balaban J connectivity index is 1.33. The van der Waals surface area contributed by atoms with Gasteiger partial charge in [0.2, 0.25) is 5.82 Å². The smallest absolute Gasteiger partial charge is 0.201 e. The van der Waals surface area contributed by atoms with Crippen LogP contribution < -0.4 is 4.74 Å². The highest BCUT2D eigenvalue weighted by Crippen LogP contribution is 2.45. The van der Waals surface area contributed by atoms with Gasteiger partial charge in [-0.15, -0.1) is 0 Å². The molecule has 2 aliphatic carbocycles. The molecule has 3 aliphatic rings. The predicted octanol–water partition coefficient (Wildman–Crippen LogP) is 6.68. The summed E-state index contributed by atoms with van der Waals surface area (Å²) in [6.45, 7) is 1.26. The van der Waals surface area contributed by atoms with Gasteiger partial charge in [0.05, 0.1) is 12.8 Å². The quantitative estimate of drug-likeness (QED) is 0.571. The van der Waals surface area contributed by atoms with Gasteiger partial charge >= 0.3 is 0 Å². The Hall–Kier alpha value is -1.23. The number of ether oxygens (including phenoxy) is 1. The van der Waals surface area contributed by atoms with E-state index in [0.717, 1.165) is 37.5 Å². The maximum Gasteiger partial charge on any atom is 0.201 e. The van der Waals surface area contributed by atoms with E-state index in [-0.39, 0.29) is 24.1 Å². The summed E-state index contributed by atoms with van der Waals surface area (Å²) in [4.78, 5) is 0. The van der Waals surface area contributed by atoms with Crippen LogP contribution in [0, 0.1) is 35.3 Å². The van der Waals surface area contributed by atoms with E-state index in [0.29, 0.717) is 23.8 Å². The van der Waals surface area contributed by atoms with Gasteiger partial charge in [-0.2, -0.15) is 4.39 Å². The Morgan fingerprint density at radius 1 is 0.933 bits per heavy atom. The second kappa shape index (κ2) is 9.50. The molecule has 0 aromatic heterocycles. The molecule has 30 heavy (non-hydrogen) atoms. The molecule has 2 saturated carbocycles. The molecule has 0 amide bonds. The Morgan fingerprint density at radius 3 is 2.13 bits per heavy atom. The third-order valence-electron chi connectivity index (χ3n) is 8.10. The van der Waals surface area contributed by atoms with E-state index in [9.17, 15) is 18.3 Å². The van der Waals surface area contributed by atoms with E-state index >= 15 is 0 Å². The van der Waals surface area contributed by atoms with Gasteiger partial charge < -0.3 is 9.84 Å². The molecule has 1 N–H and O–H groups in total. The largest absolute Gasteiger partial charge is 0.487 e. The van der Waals surface area contributed by atoms with Gasteiger partial charge in [-0.3, -0.25) is 4.39 Å². The number of aliphatic hydroxyl groups is 1. The Labute approximate surface area is 178 Å². The minimum atomic E-state index is -1.04. The predicted molar refractivity (Wildman–Crippen MR) is 111 cm³/mol. The third-order valence-corrected chi connectivity index (χ3v) is 8.10. The number of benzene rings is 1. The van der Waals surface area contributed by atoms with Crippen LogP contribution in [0.15, 0.2) is 6.07 Å². The summed E-state index contributed by atoms with van der Waals surface area (Å²) in [6.07, 6.45) is 10.5. The molecule has 168 valence electrons. The van der Waals surface area contributed by atoms with E-state index in [2.05, 4.69) is 0 Å². The lowest BCUT2D eigenvalue weighted by Crippen LogP contribution is -2.35.